The number of ether oxygens (including phenoxy) is 1. The van der Waals surface area contributed by atoms with Crippen molar-refractivity contribution in [3.8, 4) is 6.07 Å². The van der Waals surface area contributed by atoms with Gasteiger partial charge in [-0.15, -0.1) is 0 Å². The summed E-state index contributed by atoms with van der Waals surface area (Å²) in [5, 5.41) is 9.08. The molecule has 0 spiro atoms. The van der Waals surface area contributed by atoms with Crippen LogP contribution in [-0.2, 0) is 17.7 Å². The van der Waals surface area contributed by atoms with Crippen LogP contribution in [0.25, 0.3) is 0 Å². The molecule has 0 amide bonds. The largest absolute Gasteiger partial charge is 0.462 e. The van der Waals surface area contributed by atoms with Gasteiger partial charge in [-0.2, -0.15) is 5.26 Å². The van der Waals surface area contributed by atoms with E-state index in [-0.39, 0.29) is 5.97 Å². The van der Waals surface area contributed by atoms with Crippen LogP contribution in [-0.4, -0.2) is 17.1 Å². The van der Waals surface area contributed by atoms with Gasteiger partial charge in [0.25, 0.3) is 0 Å². The first-order valence-corrected chi connectivity index (χ1v) is 8.58. The first-order valence-electron chi connectivity index (χ1n) is 8.58. The SMILES string of the molecule is CCOC(=O)c1cn(Cc2ccccc2)cc1Cc1cccc(C#N)c1. The van der Waals surface area contributed by atoms with E-state index in [4.69, 9.17) is 10.00 Å². The van der Waals surface area contributed by atoms with Crippen LogP contribution in [0.2, 0.25) is 0 Å². The smallest absolute Gasteiger partial charge is 0.339 e. The number of carbonyl (C=O) groups is 1. The fourth-order valence-electron chi connectivity index (χ4n) is 2.95. The predicted octanol–water partition coefficient (Wildman–Crippen LogP) is 4.18. The molecular weight excluding hydrogens is 324 g/mol. The summed E-state index contributed by atoms with van der Waals surface area (Å²) in [6.07, 6.45) is 4.40. The molecule has 0 bridgehead atoms. The first-order chi connectivity index (χ1) is 12.7. The van der Waals surface area contributed by atoms with E-state index in [1.807, 2.05) is 53.4 Å². The van der Waals surface area contributed by atoms with Crippen LogP contribution >= 0.6 is 0 Å². The van der Waals surface area contributed by atoms with Gasteiger partial charge in [-0.05, 0) is 42.2 Å². The summed E-state index contributed by atoms with van der Waals surface area (Å²) in [5.41, 5.74) is 4.24. The molecule has 4 nitrogen and oxygen atoms in total. The molecular formula is C22H20N2O2. The average molecular weight is 344 g/mol. The fraction of sp³-hybridized carbons (Fsp3) is 0.182. The van der Waals surface area contributed by atoms with Gasteiger partial charge >= 0.3 is 5.97 Å². The lowest BCUT2D eigenvalue weighted by atomic mass is 10.0. The van der Waals surface area contributed by atoms with Crippen molar-refractivity contribution in [1.82, 2.24) is 4.57 Å². The van der Waals surface area contributed by atoms with Crippen LogP contribution < -0.4 is 0 Å². The molecule has 26 heavy (non-hydrogen) atoms. The minimum absolute atomic E-state index is 0.314. The predicted molar refractivity (Wildman–Crippen MR) is 99.9 cm³/mol. The minimum Gasteiger partial charge on any atom is -0.462 e. The third-order valence-corrected chi connectivity index (χ3v) is 4.12. The van der Waals surface area contributed by atoms with Crippen molar-refractivity contribution in [3.63, 3.8) is 0 Å². The molecule has 0 aliphatic rings. The zero-order valence-corrected chi connectivity index (χ0v) is 14.7. The van der Waals surface area contributed by atoms with Gasteiger partial charge in [0.1, 0.15) is 0 Å². The van der Waals surface area contributed by atoms with Crippen LogP contribution in [0.5, 0.6) is 0 Å². The maximum absolute atomic E-state index is 12.4. The number of aromatic nitrogens is 1. The molecule has 0 unspecified atom stereocenters. The number of hydrogen-bond donors (Lipinski definition) is 0. The molecule has 0 fully saturated rings. The Kier molecular flexibility index (Phi) is 5.50. The van der Waals surface area contributed by atoms with Crippen molar-refractivity contribution < 1.29 is 9.53 Å². The highest BCUT2D eigenvalue weighted by atomic mass is 16.5. The summed E-state index contributed by atoms with van der Waals surface area (Å²) >= 11 is 0. The van der Waals surface area contributed by atoms with E-state index < -0.39 is 0 Å². The van der Waals surface area contributed by atoms with E-state index >= 15 is 0 Å². The lowest BCUT2D eigenvalue weighted by molar-refractivity contribution is 0.0525. The molecule has 0 radical (unpaired) electrons. The molecule has 0 saturated carbocycles. The number of nitriles is 1. The second-order valence-electron chi connectivity index (χ2n) is 6.06. The maximum atomic E-state index is 12.4. The molecule has 0 aliphatic carbocycles. The molecule has 1 aromatic heterocycles. The van der Waals surface area contributed by atoms with Gasteiger partial charge in [-0.3, -0.25) is 0 Å². The van der Waals surface area contributed by atoms with Gasteiger partial charge in [-0.25, -0.2) is 4.79 Å². The van der Waals surface area contributed by atoms with Crippen molar-refractivity contribution in [2.75, 3.05) is 6.61 Å². The summed E-state index contributed by atoms with van der Waals surface area (Å²) in [4.78, 5) is 12.4. The average Bonchev–Trinajstić information content (AvgIpc) is 3.05. The highest BCUT2D eigenvalue weighted by Gasteiger charge is 2.16. The number of hydrogen-bond acceptors (Lipinski definition) is 3. The van der Waals surface area contributed by atoms with Crippen molar-refractivity contribution in [2.24, 2.45) is 0 Å². The molecule has 0 atom stereocenters. The summed E-state index contributed by atoms with van der Waals surface area (Å²) < 4.78 is 7.22. The number of rotatable bonds is 6. The lowest BCUT2D eigenvalue weighted by Crippen LogP contribution is -2.06. The Hall–Kier alpha value is -3.32. The molecule has 0 N–H and O–H groups in total. The number of benzene rings is 2. The fourth-order valence-corrected chi connectivity index (χ4v) is 2.95. The zero-order chi connectivity index (χ0) is 18.4. The van der Waals surface area contributed by atoms with Gasteiger partial charge < -0.3 is 9.30 Å². The van der Waals surface area contributed by atoms with E-state index in [9.17, 15) is 4.79 Å². The minimum atomic E-state index is -0.314. The maximum Gasteiger partial charge on any atom is 0.339 e. The van der Waals surface area contributed by atoms with Gasteiger partial charge in [-0.1, -0.05) is 42.5 Å². The van der Waals surface area contributed by atoms with Crippen LogP contribution in [0, 0.1) is 11.3 Å². The second kappa shape index (κ2) is 8.17. The van der Waals surface area contributed by atoms with Gasteiger partial charge in [0.2, 0.25) is 0 Å². The van der Waals surface area contributed by atoms with E-state index in [1.165, 1.54) is 0 Å². The number of carbonyl (C=O) groups excluding carboxylic acids is 1. The van der Waals surface area contributed by atoms with E-state index in [2.05, 4.69) is 18.2 Å². The van der Waals surface area contributed by atoms with Crippen LogP contribution in [0.1, 0.15) is 39.5 Å². The van der Waals surface area contributed by atoms with Crippen molar-refractivity contribution in [2.45, 2.75) is 19.9 Å². The normalized spacial score (nSPS) is 10.3. The molecule has 130 valence electrons. The Morgan fingerprint density at radius 1 is 1.08 bits per heavy atom. The monoisotopic (exact) mass is 344 g/mol. The Balaban J connectivity index is 1.91. The Morgan fingerprint density at radius 3 is 2.58 bits per heavy atom. The van der Waals surface area contributed by atoms with Crippen molar-refractivity contribution in [3.05, 3.63) is 94.8 Å². The zero-order valence-electron chi connectivity index (χ0n) is 14.7. The van der Waals surface area contributed by atoms with Crippen molar-refractivity contribution in [1.29, 1.82) is 5.26 Å². The van der Waals surface area contributed by atoms with E-state index in [0.717, 1.165) is 16.7 Å². The molecule has 1 heterocycles. The molecule has 0 saturated heterocycles. The van der Waals surface area contributed by atoms with Crippen LogP contribution in [0.15, 0.2) is 67.0 Å². The molecule has 4 heteroatoms. The summed E-state index contributed by atoms with van der Waals surface area (Å²) in [6.45, 7) is 2.83. The topological polar surface area (TPSA) is 55.0 Å². The molecule has 2 aromatic carbocycles. The Morgan fingerprint density at radius 2 is 1.85 bits per heavy atom. The molecule has 0 aliphatic heterocycles. The quantitative estimate of drug-likeness (QED) is 0.631. The summed E-state index contributed by atoms with van der Waals surface area (Å²) in [7, 11) is 0. The first kappa shape index (κ1) is 17.5. The van der Waals surface area contributed by atoms with E-state index in [1.54, 1.807) is 13.0 Å². The van der Waals surface area contributed by atoms with Crippen LogP contribution in [0.4, 0.5) is 0 Å². The van der Waals surface area contributed by atoms with Gasteiger partial charge in [0.15, 0.2) is 0 Å². The highest BCUT2D eigenvalue weighted by molar-refractivity contribution is 5.91. The number of esters is 1. The standard InChI is InChI=1S/C22H20N2O2/c1-2-26-22(25)21-16-24(14-17-7-4-3-5-8-17)15-20(21)12-18-9-6-10-19(11-18)13-23/h3-11,15-16H,2,12,14H2,1H3. The lowest BCUT2D eigenvalue weighted by Gasteiger charge is -2.04. The Bertz CT molecular complexity index is 936. The third-order valence-electron chi connectivity index (χ3n) is 4.12. The summed E-state index contributed by atoms with van der Waals surface area (Å²) in [6, 6.07) is 19.7. The second-order valence-corrected chi connectivity index (χ2v) is 6.06. The number of nitrogens with zero attached hydrogens (tertiary/aromatic N) is 2. The molecule has 3 rings (SSSR count). The van der Waals surface area contributed by atoms with Crippen molar-refractivity contribution >= 4 is 5.97 Å². The Labute approximate surface area is 153 Å². The molecule has 3 aromatic rings. The van der Waals surface area contributed by atoms with Gasteiger partial charge in [0.05, 0.1) is 23.8 Å². The van der Waals surface area contributed by atoms with Crippen LogP contribution in [0.3, 0.4) is 0 Å². The highest BCUT2D eigenvalue weighted by Crippen LogP contribution is 2.19. The van der Waals surface area contributed by atoms with E-state index in [0.29, 0.717) is 30.7 Å². The van der Waals surface area contributed by atoms with Gasteiger partial charge in [0, 0.05) is 18.9 Å². The summed E-state index contributed by atoms with van der Waals surface area (Å²) in [5.74, 6) is -0.314. The third kappa shape index (κ3) is 4.20.